The van der Waals surface area contributed by atoms with Gasteiger partial charge in [0.2, 0.25) is 0 Å². The second kappa shape index (κ2) is 22.2. The van der Waals surface area contributed by atoms with Crippen LogP contribution in [0.25, 0.3) is 0 Å². The second-order valence-corrected chi connectivity index (χ2v) is 35.2. The number of Topliss-reactive ketones (excluding diaryl/α,β-unsaturated/α-hetero) is 1. The number of carbonyl (C=O) groups is 1. The Morgan fingerprint density at radius 2 is 1.19 bits per heavy atom. The largest absolute Gasteiger partial charge is 0.413 e. The second-order valence-electron chi connectivity index (χ2n) is 20.9. The van der Waals surface area contributed by atoms with Crippen molar-refractivity contribution in [2.45, 2.75) is 203 Å². The van der Waals surface area contributed by atoms with Crippen molar-refractivity contribution in [1.82, 2.24) is 0 Å². The zero-order valence-corrected chi connectivity index (χ0v) is 42.8. The van der Waals surface area contributed by atoms with Crippen molar-refractivity contribution in [3.8, 4) is 0 Å². The summed E-state index contributed by atoms with van der Waals surface area (Å²) in [6.45, 7) is 50.3. The van der Waals surface area contributed by atoms with Crippen molar-refractivity contribution in [1.29, 1.82) is 0 Å². The number of carbonyl (C=O) groups excluding carboxylic acids is 1. The van der Waals surface area contributed by atoms with Gasteiger partial charge >= 0.3 is 0 Å². The van der Waals surface area contributed by atoms with Gasteiger partial charge in [-0.25, -0.2) is 0 Å². The number of hydrogen-bond donors (Lipinski definition) is 0. The fraction of sp³-hybridized carbons (Fsp3) is 0.766. The van der Waals surface area contributed by atoms with Crippen LogP contribution in [-0.4, -0.2) is 49.6 Å². The average Bonchev–Trinajstić information content (AvgIpc) is 3.02. The summed E-state index contributed by atoms with van der Waals surface area (Å²) in [5.74, 6) is 0.691. The van der Waals surface area contributed by atoms with Gasteiger partial charge < -0.3 is 13.3 Å². The number of hydrogen-bond acceptors (Lipinski definition) is 4. The van der Waals surface area contributed by atoms with E-state index in [1.807, 2.05) is 6.92 Å². The molecule has 0 spiro atoms. The van der Waals surface area contributed by atoms with E-state index in [0.717, 1.165) is 31.3 Å². The van der Waals surface area contributed by atoms with E-state index in [1.54, 1.807) is 0 Å². The van der Waals surface area contributed by atoms with Crippen LogP contribution in [0.5, 0.6) is 0 Å². The SMILES string of the molecule is CCC(=C/[C@H](C)C/C=C/C(C)=C/[C@@H](C)C(=O)[C@@H](C)[C@H](O[Si](C)(C)C(C)(C)C)[C@@H](C)CC)/C=C/[C@@H](C/C=C\CO[Si](C)(C)C(C)(C)C)O[Si](C)(C)C(C)(C)C. The first-order valence-electron chi connectivity index (χ1n) is 21.3. The highest BCUT2D eigenvalue weighted by Gasteiger charge is 2.43. The molecule has 0 saturated heterocycles. The minimum atomic E-state index is -2.01. The highest BCUT2D eigenvalue weighted by atomic mass is 28.4. The number of rotatable bonds is 22. The van der Waals surface area contributed by atoms with E-state index in [-0.39, 0.29) is 44.9 Å². The molecule has 0 aromatic rings. The van der Waals surface area contributed by atoms with Crippen LogP contribution in [0.3, 0.4) is 0 Å². The summed E-state index contributed by atoms with van der Waals surface area (Å²) >= 11 is 0. The molecule has 4 nitrogen and oxygen atoms in total. The zero-order valence-electron chi connectivity index (χ0n) is 39.8. The molecular formula is C47H90O4Si3. The van der Waals surface area contributed by atoms with Gasteiger partial charge in [0.25, 0.3) is 0 Å². The van der Waals surface area contributed by atoms with Gasteiger partial charge in [0.05, 0.1) is 18.8 Å². The first-order valence-corrected chi connectivity index (χ1v) is 30.0. The fourth-order valence-electron chi connectivity index (χ4n) is 5.49. The molecule has 0 rings (SSSR count). The predicted octanol–water partition coefficient (Wildman–Crippen LogP) is 15.0. The van der Waals surface area contributed by atoms with Crippen LogP contribution in [0, 0.1) is 23.7 Å². The first-order chi connectivity index (χ1) is 24.3. The van der Waals surface area contributed by atoms with Crippen LogP contribution in [0.2, 0.25) is 54.4 Å². The highest BCUT2D eigenvalue weighted by Crippen LogP contribution is 2.41. The molecule has 0 aliphatic rings. The molecule has 0 amide bonds. The summed E-state index contributed by atoms with van der Waals surface area (Å²) in [5, 5.41) is 0.455. The van der Waals surface area contributed by atoms with Gasteiger partial charge in [0.1, 0.15) is 5.78 Å². The third-order valence-electron chi connectivity index (χ3n) is 12.8. The number of ketones is 1. The zero-order chi connectivity index (χ0) is 42.5. The third-order valence-corrected chi connectivity index (χ3v) is 26.3. The number of allylic oxidation sites excluding steroid dienone is 7. The normalized spacial score (nSPS) is 18.4. The molecule has 314 valence electrons. The highest BCUT2D eigenvalue weighted by molar-refractivity contribution is 6.75. The van der Waals surface area contributed by atoms with Crippen LogP contribution in [-0.2, 0) is 18.1 Å². The summed E-state index contributed by atoms with van der Waals surface area (Å²) in [6, 6.07) is 0. The molecule has 7 heteroatoms. The molecule has 0 radical (unpaired) electrons. The summed E-state index contributed by atoms with van der Waals surface area (Å²) in [5.41, 5.74) is 2.47. The van der Waals surface area contributed by atoms with E-state index < -0.39 is 25.0 Å². The topological polar surface area (TPSA) is 44.8 Å². The van der Waals surface area contributed by atoms with E-state index in [2.05, 4.69) is 192 Å². The van der Waals surface area contributed by atoms with Gasteiger partial charge in [-0.05, 0) is 92.4 Å². The van der Waals surface area contributed by atoms with Crippen molar-refractivity contribution in [2.75, 3.05) is 6.61 Å². The molecule has 0 aliphatic carbocycles. The quantitative estimate of drug-likeness (QED) is 0.0621. The summed E-state index contributed by atoms with van der Waals surface area (Å²) in [6.07, 6.45) is 21.7. The van der Waals surface area contributed by atoms with Crippen molar-refractivity contribution in [3.63, 3.8) is 0 Å². The maximum atomic E-state index is 13.7. The van der Waals surface area contributed by atoms with Gasteiger partial charge in [0.15, 0.2) is 25.0 Å². The van der Waals surface area contributed by atoms with E-state index in [4.69, 9.17) is 13.3 Å². The van der Waals surface area contributed by atoms with Crippen LogP contribution < -0.4 is 0 Å². The minimum absolute atomic E-state index is 0.0273. The lowest BCUT2D eigenvalue weighted by atomic mass is 9.84. The van der Waals surface area contributed by atoms with Crippen molar-refractivity contribution >= 4 is 30.7 Å². The molecule has 0 aromatic heterocycles. The Morgan fingerprint density at radius 3 is 1.67 bits per heavy atom. The summed E-state index contributed by atoms with van der Waals surface area (Å²) < 4.78 is 20.2. The lowest BCUT2D eigenvalue weighted by Crippen LogP contribution is -2.49. The third kappa shape index (κ3) is 18.0. The Hall–Kier alpha value is -1.10. The monoisotopic (exact) mass is 803 g/mol. The molecule has 54 heavy (non-hydrogen) atoms. The Morgan fingerprint density at radius 1 is 0.667 bits per heavy atom. The van der Waals surface area contributed by atoms with E-state index >= 15 is 0 Å². The molecule has 0 heterocycles. The molecule has 0 N–H and O–H groups in total. The lowest BCUT2D eigenvalue weighted by molar-refractivity contribution is -0.128. The summed E-state index contributed by atoms with van der Waals surface area (Å²) in [4.78, 5) is 13.7. The van der Waals surface area contributed by atoms with Crippen molar-refractivity contribution in [2.24, 2.45) is 23.7 Å². The molecule has 0 saturated carbocycles. The molecule has 0 bridgehead atoms. The van der Waals surface area contributed by atoms with E-state index in [0.29, 0.717) is 18.4 Å². The maximum Gasteiger partial charge on any atom is 0.192 e. The Kier molecular flexibility index (Phi) is 21.7. The summed E-state index contributed by atoms with van der Waals surface area (Å²) in [7, 11) is -5.74. The maximum absolute atomic E-state index is 13.7. The Bertz CT molecular complexity index is 1280. The molecule has 0 fully saturated rings. The first kappa shape index (κ1) is 52.9. The molecule has 0 unspecified atom stereocenters. The van der Waals surface area contributed by atoms with Crippen molar-refractivity contribution < 1.29 is 18.1 Å². The van der Waals surface area contributed by atoms with Gasteiger partial charge in [-0.15, -0.1) is 0 Å². The minimum Gasteiger partial charge on any atom is -0.413 e. The van der Waals surface area contributed by atoms with E-state index in [1.165, 1.54) is 5.57 Å². The predicted molar refractivity (Wildman–Crippen MR) is 248 cm³/mol. The van der Waals surface area contributed by atoms with Gasteiger partial charge in [-0.3, -0.25) is 4.79 Å². The molecule has 0 aromatic carbocycles. The van der Waals surface area contributed by atoms with Crippen LogP contribution in [0.15, 0.2) is 59.8 Å². The molecule has 0 aliphatic heterocycles. The fourth-order valence-corrected chi connectivity index (χ4v) is 9.19. The van der Waals surface area contributed by atoms with Crippen LogP contribution >= 0.6 is 0 Å². The van der Waals surface area contributed by atoms with Gasteiger partial charge in [-0.1, -0.05) is 170 Å². The van der Waals surface area contributed by atoms with Crippen molar-refractivity contribution in [3.05, 3.63) is 59.8 Å². The average molecular weight is 803 g/mol. The smallest absolute Gasteiger partial charge is 0.192 e. The van der Waals surface area contributed by atoms with Gasteiger partial charge in [-0.2, -0.15) is 0 Å². The van der Waals surface area contributed by atoms with Gasteiger partial charge in [0, 0.05) is 11.8 Å². The molecular weight excluding hydrogens is 713 g/mol. The van der Waals surface area contributed by atoms with Crippen LogP contribution in [0.1, 0.15) is 136 Å². The van der Waals surface area contributed by atoms with Crippen LogP contribution in [0.4, 0.5) is 0 Å². The Balaban J connectivity index is 5.78. The standard InChI is InChI=1S/C47H90O4Si3/c1-23-38(5)44(51-54(21,22)47(14,15)16)40(7)43(48)39(6)34-36(3)28-27-29-37(4)35-41(24-2)31-32-42(50-53(19,20)46(11,12)13)30-25-26-33-49-52(17,18)45(8,9)10/h25-28,31-32,34-35,37-40,42,44H,23-24,29-30,33H2,1-22H3/b26-25-,28-27+,32-31+,36-34+,41-35-/t37-,38+,39-,40-,42-,44-/m1/s1. The molecule has 6 atom stereocenters. The Labute approximate surface area is 340 Å². The lowest BCUT2D eigenvalue weighted by Gasteiger charge is -2.42. The van der Waals surface area contributed by atoms with E-state index in [9.17, 15) is 4.79 Å².